The molecular formula is C17H28N6O. The third-order valence-electron chi connectivity index (χ3n) is 3.01. The van der Waals surface area contributed by atoms with E-state index >= 15 is 0 Å². The Morgan fingerprint density at radius 1 is 0.583 bits per heavy atom. The van der Waals surface area contributed by atoms with Crippen LogP contribution < -0.4 is 10.6 Å². The van der Waals surface area contributed by atoms with E-state index in [1.165, 1.54) is 38.7 Å². The number of aromatic nitrogens is 4. The molecule has 24 heavy (non-hydrogen) atoms. The molecule has 0 radical (unpaired) electrons. The van der Waals surface area contributed by atoms with E-state index in [1.807, 2.05) is 0 Å². The van der Waals surface area contributed by atoms with Gasteiger partial charge in [-0.2, -0.15) is 0 Å². The van der Waals surface area contributed by atoms with Crippen molar-refractivity contribution >= 4 is 0 Å². The summed E-state index contributed by atoms with van der Waals surface area (Å²) in [6, 6.07) is 1.78. The number of morpholine rings is 1. The van der Waals surface area contributed by atoms with Crippen LogP contribution in [0, 0.1) is 0 Å². The van der Waals surface area contributed by atoms with Gasteiger partial charge in [-0.3, -0.25) is 9.97 Å². The van der Waals surface area contributed by atoms with Gasteiger partial charge < -0.3 is 15.4 Å². The van der Waals surface area contributed by atoms with Crippen LogP contribution in [-0.2, 0) is 4.74 Å². The standard InChI is InChI=1S/C5H11N.2C4H4N2.C4H9NO/c1-2-4-6-5-3-1;1-2-6-4-3-5-1;1-2-5-4-6-3-1;1-3-6-4-2-5-1/h6H,1-5H2;2*1-4H;5H,1-4H2. The fourth-order valence-electron chi connectivity index (χ4n) is 1.82. The van der Waals surface area contributed by atoms with E-state index < -0.39 is 0 Å². The molecule has 0 aliphatic carbocycles. The van der Waals surface area contributed by atoms with Gasteiger partial charge in [0, 0.05) is 50.3 Å². The third kappa shape index (κ3) is 15.0. The molecule has 0 spiro atoms. The Hall–Kier alpha value is -1.96. The lowest BCUT2D eigenvalue weighted by atomic mass is 10.2. The van der Waals surface area contributed by atoms with E-state index in [-0.39, 0.29) is 0 Å². The summed E-state index contributed by atoms with van der Waals surface area (Å²) < 4.78 is 5.01. The molecule has 2 saturated heterocycles. The minimum Gasteiger partial charge on any atom is -0.379 e. The molecule has 0 unspecified atom stereocenters. The minimum absolute atomic E-state index is 0.889. The molecule has 132 valence electrons. The topological polar surface area (TPSA) is 84.9 Å². The van der Waals surface area contributed by atoms with Gasteiger partial charge in [-0.25, -0.2) is 9.97 Å². The number of nitrogens with zero attached hydrogens (tertiary/aromatic N) is 4. The van der Waals surface area contributed by atoms with E-state index in [0.29, 0.717) is 0 Å². The molecule has 7 nitrogen and oxygen atoms in total. The number of nitrogens with one attached hydrogen (secondary N) is 2. The average Bonchev–Trinajstić information content (AvgIpc) is 2.75. The SMILES string of the molecule is C1CCNCC1.C1COCCN1.c1cnccn1.c1cncnc1. The zero-order valence-electron chi connectivity index (χ0n) is 14.2. The van der Waals surface area contributed by atoms with E-state index in [1.54, 1.807) is 43.2 Å². The molecule has 0 aromatic carbocycles. The fourth-order valence-corrected chi connectivity index (χ4v) is 1.82. The minimum atomic E-state index is 0.889. The molecule has 2 aromatic heterocycles. The Bertz CT molecular complexity index is 317. The van der Waals surface area contributed by atoms with Crippen molar-refractivity contribution in [2.24, 2.45) is 0 Å². The van der Waals surface area contributed by atoms with Gasteiger partial charge in [-0.1, -0.05) is 6.42 Å². The maximum atomic E-state index is 5.01. The summed E-state index contributed by atoms with van der Waals surface area (Å²) in [6.45, 7) is 6.33. The van der Waals surface area contributed by atoms with E-state index in [9.17, 15) is 0 Å². The largest absolute Gasteiger partial charge is 0.379 e. The monoisotopic (exact) mass is 332 g/mol. The van der Waals surface area contributed by atoms with E-state index in [0.717, 1.165) is 26.3 Å². The summed E-state index contributed by atoms with van der Waals surface area (Å²) in [5, 5.41) is 6.44. The smallest absolute Gasteiger partial charge is 0.115 e. The lowest BCUT2D eigenvalue weighted by Gasteiger charge is -2.10. The molecule has 2 fully saturated rings. The Labute approximate surface area is 144 Å². The zero-order chi connectivity index (χ0) is 17.0. The molecule has 0 saturated carbocycles. The summed E-state index contributed by atoms with van der Waals surface area (Å²) in [6.07, 6.45) is 15.6. The maximum absolute atomic E-state index is 5.01. The van der Waals surface area contributed by atoms with Crippen molar-refractivity contribution in [2.75, 3.05) is 39.4 Å². The van der Waals surface area contributed by atoms with Crippen molar-refractivity contribution in [1.82, 2.24) is 30.6 Å². The van der Waals surface area contributed by atoms with Crippen LogP contribution in [0.25, 0.3) is 0 Å². The molecule has 2 N–H and O–H groups in total. The molecule has 2 aliphatic heterocycles. The molecule has 0 bridgehead atoms. The van der Waals surface area contributed by atoms with Crippen molar-refractivity contribution in [3.05, 3.63) is 49.6 Å². The molecule has 7 heteroatoms. The van der Waals surface area contributed by atoms with Crippen molar-refractivity contribution in [3.8, 4) is 0 Å². The van der Waals surface area contributed by atoms with Crippen LogP contribution in [0.2, 0.25) is 0 Å². The number of ether oxygens (including phenoxy) is 1. The van der Waals surface area contributed by atoms with Gasteiger partial charge in [0.1, 0.15) is 6.33 Å². The lowest BCUT2D eigenvalue weighted by Crippen LogP contribution is -2.30. The molecule has 0 amide bonds. The van der Waals surface area contributed by atoms with Gasteiger partial charge in [0.25, 0.3) is 0 Å². The van der Waals surface area contributed by atoms with Gasteiger partial charge in [0.15, 0.2) is 0 Å². The van der Waals surface area contributed by atoms with Crippen LogP contribution >= 0.6 is 0 Å². The van der Waals surface area contributed by atoms with Crippen LogP contribution in [0.15, 0.2) is 49.6 Å². The van der Waals surface area contributed by atoms with Gasteiger partial charge in [-0.05, 0) is 32.0 Å². The van der Waals surface area contributed by atoms with Gasteiger partial charge in [0.2, 0.25) is 0 Å². The van der Waals surface area contributed by atoms with Crippen LogP contribution in [-0.4, -0.2) is 59.3 Å². The Balaban J connectivity index is 0.000000160. The average molecular weight is 332 g/mol. The third-order valence-corrected chi connectivity index (χ3v) is 3.01. The Morgan fingerprint density at radius 3 is 1.29 bits per heavy atom. The van der Waals surface area contributed by atoms with Crippen molar-refractivity contribution in [3.63, 3.8) is 0 Å². The van der Waals surface area contributed by atoms with Gasteiger partial charge in [0.05, 0.1) is 13.2 Å². The molecule has 4 rings (SSSR count). The molecule has 2 aliphatic rings. The van der Waals surface area contributed by atoms with Gasteiger partial charge >= 0.3 is 0 Å². The fraction of sp³-hybridized carbons (Fsp3) is 0.529. The predicted octanol–water partition coefficient (Wildman–Crippen LogP) is 1.32. The zero-order valence-corrected chi connectivity index (χ0v) is 14.2. The number of piperidine rings is 1. The first-order chi connectivity index (χ1) is 12.0. The van der Waals surface area contributed by atoms with E-state index in [2.05, 4.69) is 30.6 Å². The molecule has 4 heterocycles. The Morgan fingerprint density at radius 2 is 1.12 bits per heavy atom. The first kappa shape index (κ1) is 20.1. The normalized spacial score (nSPS) is 16.0. The quantitative estimate of drug-likeness (QED) is 0.752. The van der Waals surface area contributed by atoms with Crippen molar-refractivity contribution in [2.45, 2.75) is 19.3 Å². The highest BCUT2D eigenvalue weighted by atomic mass is 16.5. The second-order valence-corrected chi connectivity index (χ2v) is 4.97. The van der Waals surface area contributed by atoms with Crippen molar-refractivity contribution in [1.29, 1.82) is 0 Å². The van der Waals surface area contributed by atoms with Crippen LogP contribution in [0.5, 0.6) is 0 Å². The first-order valence-electron chi connectivity index (χ1n) is 8.39. The van der Waals surface area contributed by atoms with Crippen LogP contribution in [0.4, 0.5) is 0 Å². The second-order valence-electron chi connectivity index (χ2n) is 4.97. The maximum Gasteiger partial charge on any atom is 0.115 e. The highest BCUT2D eigenvalue weighted by molar-refractivity contribution is 4.74. The number of hydrogen-bond acceptors (Lipinski definition) is 7. The summed E-state index contributed by atoms with van der Waals surface area (Å²) in [5.74, 6) is 0. The van der Waals surface area contributed by atoms with Crippen LogP contribution in [0.1, 0.15) is 19.3 Å². The molecule has 2 aromatic rings. The van der Waals surface area contributed by atoms with Crippen LogP contribution in [0.3, 0.4) is 0 Å². The highest BCUT2D eigenvalue weighted by Crippen LogP contribution is 1.96. The highest BCUT2D eigenvalue weighted by Gasteiger charge is 1.94. The van der Waals surface area contributed by atoms with E-state index in [4.69, 9.17) is 4.74 Å². The summed E-state index contributed by atoms with van der Waals surface area (Å²) >= 11 is 0. The number of hydrogen-bond donors (Lipinski definition) is 2. The van der Waals surface area contributed by atoms with Crippen molar-refractivity contribution < 1.29 is 4.74 Å². The molecule has 0 atom stereocenters. The second kappa shape index (κ2) is 17.4. The lowest BCUT2D eigenvalue weighted by molar-refractivity contribution is 0.109. The molecular weight excluding hydrogens is 304 g/mol. The summed E-state index contributed by atoms with van der Waals surface area (Å²) in [4.78, 5) is 14.8. The number of rotatable bonds is 0. The van der Waals surface area contributed by atoms with Gasteiger partial charge in [-0.15, -0.1) is 0 Å². The first-order valence-corrected chi connectivity index (χ1v) is 8.39. The Kier molecular flexibility index (Phi) is 14.6. The predicted molar refractivity (Wildman–Crippen MR) is 94.5 cm³/mol. The summed E-state index contributed by atoms with van der Waals surface area (Å²) in [7, 11) is 0. The summed E-state index contributed by atoms with van der Waals surface area (Å²) in [5.41, 5.74) is 0.